The molecular weight excluding hydrogens is 632 g/mol. The van der Waals surface area contributed by atoms with Gasteiger partial charge in [-0.3, -0.25) is 9.69 Å². The van der Waals surface area contributed by atoms with Gasteiger partial charge in [-0.2, -0.15) is 0 Å². The monoisotopic (exact) mass is 682 g/mol. The summed E-state index contributed by atoms with van der Waals surface area (Å²) in [6.45, 7) is 13.9. The first-order chi connectivity index (χ1) is 22.8. The van der Waals surface area contributed by atoms with Crippen molar-refractivity contribution in [1.29, 1.82) is 0 Å². The van der Waals surface area contributed by atoms with E-state index in [4.69, 9.17) is 29.4 Å². The molecule has 0 aliphatic carbocycles. The summed E-state index contributed by atoms with van der Waals surface area (Å²) in [6.07, 6.45) is -2.80. The predicted octanol–water partition coefficient (Wildman–Crippen LogP) is 6.53. The molecule has 2 aromatic carbocycles. The summed E-state index contributed by atoms with van der Waals surface area (Å²) in [7, 11) is 0. The summed E-state index contributed by atoms with van der Waals surface area (Å²) in [4.78, 5) is 58.6. The standard InChI is InChI=1S/C36H50N4O9/c1-34(2,3)48-29(41)22-28-27(40(36(7,8)47-28)33(44)49-35(4,5)6)20-15-21-39(32(43)46-24-26-18-13-10-14-19-26)30(37)38-31(42)45-23-25-16-11-9-12-17-25/h9-14,16-19,27-28H,15,20-24H2,1-8H3,(H2,37,38,42)/t27-,28+/m0/s1. The van der Waals surface area contributed by atoms with E-state index >= 15 is 0 Å². The predicted molar refractivity (Wildman–Crippen MR) is 182 cm³/mol. The Hall–Kier alpha value is -4.65. The van der Waals surface area contributed by atoms with Gasteiger partial charge in [0.15, 0.2) is 0 Å². The van der Waals surface area contributed by atoms with Crippen molar-refractivity contribution in [1.82, 2.24) is 9.80 Å². The van der Waals surface area contributed by atoms with E-state index in [-0.39, 0.29) is 39.0 Å². The molecule has 0 aromatic heterocycles. The summed E-state index contributed by atoms with van der Waals surface area (Å²) in [5.74, 6) is -0.908. The lowest BCUT2D eigenvalue weighted by molar-refractivity contribution is -0.159. The fraction of sp³-hybridized carbons (Fsp3) is 0.528. The minimum atomic E-state index is -1.13. The smallest absolute Gasteiger partial charge is 0.437 e. The van der Waals surface area contributed by atoms with E-state index in [9.17, 15) is 19.2 Å². The number of nitrogens with two attached hydrogens (primary N) is 1. The van der Waals surface area contributed by atoms with Gasteiger partial charge in [0.05, 0.1) is 18.6 Å². The van der Waals surface area contributed by atoms with E-state index in [2.05, 4.69) is 4.99 Å². The van der Waals surface area contributed by atoms with Gasteiger partial charge in [-0.1, -0.05) is 60.7 Å². The Bertz CT molecular complexity index is 1450. The number of hydrogen-bond acceptors (Lipinski definition) is 9. The van der Waals surface area contributed by atoms with Gasteiger partial charge in [-0.15, -0.1) is 4.99 Å². The van der Waals surface area contributed by atoms with Crippen molar-refractivity contribution < 1.29 is 42.9 Å². The topological polar surface area (TPSA) is 159 Å². The summed E-state index contributed by atoms with van der Waals surface area (Å²) in [5, 5.41) is 0. The van der Waals surface area contributed by atoms with Crippen LogP contribution in [-0.4, -0.2) is 75.6 Å². The first kappa shape index (κ1) is 38.8. The van der Waals surface area contributed by atoms with E-state index in [1.807, 2.05) is 36.4 Å². The van der Waals surface area contributed by atoms with Crippen LogP contribution in [0.2, 0.25) is 0 Å². The second-order valence-corrected chi connectivity index (χ2v) is 14.2. The highest BCUT2D eigenvalue weighted by Crippen LogP contribution is 2.37. The van der Waals surface area contributed by atoms with Gasteiger partial charge in [0.25, 0.3) is 0 Å². The molecular formula is C36H50N4O9. The van der Waals surface area contributed by atoms with E-state index in [0.29, 0.717) is 0 Å². The first-order valence-electron chi connectivity index (χ1n) is 16.3. The second kappa shape index (κ2) is 16.6. The number of carbonyl (C=O) groups is 4. The summed E-state index contributed by atoms with van der Waals surface area (Å²) >= 11 is 0. The zero-order valence-corrected chi connectivity index (χ0v) is 29.8. The maximum Gasteiger partial charge on any atom is 0.437 e. The molecule has 2 aromatic rings. The van der Waals surface area contributed by atoms with Gasteiger partial charge in [0.1, 0.15) is 30.1 Å². The third kappa shape index (κ3) is 12.7. The number of rotatable bonds is 10. The molecule has 49 heavy (non-hydrogen) atoms. The van der Waals surface area contributed by atoms with Crippen LogP contribution in [0, 0.1) is 0 Å². The molecule has 3 amide bonds. The van der Waals surface area contributed by atoms with Gasteiger partial charge < -0.3 is 29.4 Å². The molecule has 2 N–H and O–H groups in total. The van der Waals surface area contributed by atoms with Crippen LogP contribution in [0.3, 0.4) is 0 Å². The molecule has 0 saturated carbocycles. The van der Waals surface area contributed by atoms with Gasteiger partial charge in [0.2, 0.25) is 5.96 Å². The molecule has 1 fully saturated rings. The maximum absolute atomic E-state index is 13.5. The zero-order valence-electron chi connectivity index (χ0n) is 29.8. The Morgan fingerprint density at radius 1 is 0.857 bits per heavy atom. The van der Waals surface area contributed by atoms with Crippen molar-refractivity contribution in [2.24, 2.45) is 10.7 Å². The molecule has 1 aliphatic rings. The molecule has 2 atom stereocenters. The largest absolute Gasteiger partial charge is 0.460 e. The fourth-order valence-electron chi connectivity index (χ4n) is 5.24. The van der Waals surface area contributed by atoms with Gasteiger partial charge in [0, 0.05) is 6.54 Å². The van der Waals surface area contributed by atoms with Crippen molar-refractivity contribution >= 4 is 30.2 Å². The number of benzene rings is 2. The highest BCUT2D eigenvalue weighted by molar-refractivity contribution is 5.97. The number of esters is 1. The molecule has 13 heteroatoms. The minimum absolute atomic E-state index is 0.0358. The van der Waals surface area contributed by atoms with Crippen LogP contribution < -0.4 is 5.73 Å². The van der Waals surface area contributed by atoms with Crippen LogP contribution in [0.25, 0.3) is 0 Å². The number of ether oxygens (including phenoxy) is 5. The van der Waals surface area contributed by atoms with Crippen LogP contribution in [0.4, 0.5) is 14.4 Å². The van der Waals surface area contributed by atoms with Gasteiger partial charge in [-0.05, 0) is 79.4 Å². The van der Waals surface area contributed by atoms with Crippen LogP contribution in [-0.2, 0) is 41.7 Å². The Morgan fingerprint density at radius 3 is 1.92 bits per heavy atom. The fourth-order valence-corrected chi connectivity index (χ4v) is 5.24. The third-order valence-electron chi connectivity index (χ3n) is 7.15. The SMILES string of the molecule is CC(C)(C)OC(=O)C[C@H]1OC(C)(C)N(C(=O)OC(C)(C)C)[C@H]1CCCN(C(=O)OCc1ccccc1)/C(N)=N/C(=O)OCc1ccccc1. The average molecular weight is 683 g/mol. The first-order valence-corrected chi connectivity index (χ1v) is 16.3. The molecule has 268 valence electrons. The molecule has 0 radical (unpaired) electrons. The molecule has 0 bridgehead atoms. The maximum atomic E-state index is 13.5. The Kier molecular flexibility index (Phi) is 13.2. The third-order valence-corrected chi connectivity index (χ3v) is 7.15. The van der Waals surface area contributed by atoms with E-state index < -0.39 is 59.3 Å². The number of aliphatic imine (C=N–C) groups is 1. The quantitative estimate of drug-likeness (QED) is 0.126. The normalized spacial score (nSPS) is 17.6. The van der Waals surface area contributed by atoms with E-state index in [1.54, 1.807) is 79.7 Å². The number of hydrogen-bond donors (Lipinski definition) is 1. The number of guanidine groups is 1. The van der Waals surface area contributed by atoms with Crippen molar-refractivity contribution in [2.75, 3.05) is 6.54 Å². The lowest BCUT2D eigenvalue weighted by Gasteiger charge is -2.35. The number of carbonyl (C=O) groups excluding carboxylic acids is 4. The molecule has 0 unspecified atom stereocenters. The minimum Gasteiger partial charge on any atom is -0.460 e. The second-order valence-electron chi connectivity index (χ2n) is 14.2. The van der Waals surface area contributed by atoms with Crippen LogP contribution in [0.15, 0.2) is 65.7 Å². The lowest BCUT2D eigenvalue weighted by atomic mass is 10.0. The lowest BCUT2D eigenvalue weighted by Crippen LogP contribution is -2.50. The highest BCUT2D eigenvalue weighted by Gasteiger charge is 2.51. The molecule has 13 nitrogen and oxygen atoms in total. The summed E-state index contributed by atoms with van der Waals surface area (Å²) in [6, 6.07) is 17.5. The number of nitrogens with zero attached hydrogens (tertiary/aromatic N) is 3. The summed E-state index contributed by atoms with van der Waals surface area (Å²) < 4.78 is 28.3. The van der Waals surface area contributed by atoms with Crippen LogP contribution in [0.5, 0.6) is 0 Å². The van der Waals surface area contributed by atoms with Crippen molar-refractivity contribution in [2.45, 2.75) is 117 Å². The van der Waals surface area contributed by atoms with Crippen molar-refractivity contribution in [3.8, 4) is 0 Å². The Balaban J connectivity index is 1.82. The summed E-state index contributed by atoms with van der Waals surface area (Å²) in [5.41, 5.74) is 5.06. The Morgan fingerprint density at radius 2 is 1.39 bits per heavy atom. The molecule has 3 rings (SSSR count). The van der Waals surface area contributed by atoms with Crippen LogP contribution >= 0.6 is 0 Å². The van der Waals surface area contributed by atoms with E-state index in [1.165, 1.54) is 4.90 Å². The Labute approximate surface area is 288 Å². The van der Waals surface area contributed by atoms with E-state index in [0.717, 1.165) is 16.0 Å². The molecule has 1 heterocycles. The van der Waals surface area contributed by atoms with Crippen molar-refractivity contribution in [3.63, 3.8) is 0 Å². The molecule has 0 spiro atoms. The van der Waals surface area contributed by atoms with Crippen LogP contribution in [0.1, 0.15) is 85.8 Å². The average Bonchev–Trinajstić information content (AvgIpc) is 3.24. The molecule has 1 aliphatic heterocycles. The zero-order chi connectivity index (χ0) is 36.4. The van der Waals surface area contributed by atoms with Crippen molar-refractivity contribution in [3.05, 3.63) is 71.8 Å². The highest BCUT2D eigenvalue weighted by atomic mass is 16.6. The van der Waals surface area contributed by atoms with Gasteiger partial charge in [-0.25, -0.2) is 19.3 Å². The van der Waals surface area contributed by atoms with Gasteiger partial charge >= 0.3 is 24.2 Å². The molecule has 1 saturated heterocycles. The number of amides is 3.